The van der Waals surface area contributed by atoms with Crippen LogP contribution in [0.2, 0.25) is 10.0 Å². The highest BCUT2D eigenvalue weighted by atomic mass is 35.5. The highest BCUT2D eigenvalue weighted by Crippen LogP contribution is 2.41. The summed E-state index contributed by atoms with van der Waals surface area (Å²) in [6.45, 7) is 11.0. The first kappa shape index (κ1) is 18.8. The first-order chi connectivity index (χ1) is 10.0. The van der Waals surface area contributed by atoms with Gasteiger partial charge in [0.25, 0.3) is 0 Å². The number of halogens is 2. The normalized spacial score (nSPS) is 13.7. The van der Waals surface area contributed by atoms with Gasteiger partial charge in [0.1, 0.15) is 0 Å². The molecule has 0 aliphatic rings. The second-order valence-electron chi connectivity index (χ2n) is 5.35. The van der Waals surface area contributed by atoms with Crippen molar-refractivity contribution >= 4 is 23.2 Å². The number of nitrogens with one attached hydrogen (secondary N) is 1. The predicted molar refractivity (Wildman–Crippen MR) is 94.5 cm³/mol. The highest BCUT2D eigenvalue weighted by molar-refractivity contribution is 6.42. The van der Waals surface area contributed by atoms with Crippen LogP contribution in [0.15, 0.2) is 18.2 Å². The van der Waals surface area contributed by atoms with Gasteiger partial charge in [-0.2, -0.15) is 0 Å². The number of likely N-dealkylation sites (N-methyl/N-ethyl adjacent to an activating group) is 2. The third-order valence-corrected chi connectivity index (χ3v) is 5.57. The maximum atomic E-state index is 6.49. The Morgan fingerprint density at radius 3 is 2.10 bits per heavy atom. The van der Waals surface area contributed by atoms with E-state index in [0.29, 0.717) is 10.0 Å². The number of nitrogens with zero attached hydrogens (tertiary/aromatic N) is 1. The third kappa shape index (κ3) is 3.56. The number of hydrogen-bond acceptors (Lipinski definition) is 2. The molecule has 0 fully saturated rings. The van der Waals surface area contributed by atoms with Crippen molar-refractivity contribution < 1.29 is 0 Å². The van der Waals surface area contributed by atoms with Crippen LogP contribution in [0.5, 0.6) is 0 Å². The van der Waals surface area contributed by atoms with Crippen LogP contribution in [0.1, 0.15) is 52.1 Å². The van der Waals surface area contributed by atoms with Crippen LogP contribution >= 0.6 is 23.2 Å². The minimum absolute atomic E-state index is 0.0343. The standard InChI is InChI=1S/C17H28Cl2N2/c1-6-17(7-2,21(8-3)9-4)16(20-5)13-11-10-12-14(18)15(13)19/h10-12,16,20H,6-9H2,1-5H3. The molecule has 0 aromatic heterocycles. The summed E-state index contributed by atoms with van der Waals surface area (Å²) >= 11 is 12.7. The second kappa shape index (κ2) is 8.38. The van der Waals surface area contributed by atoms with E-state index in [-0.39, 0.29) is 11.6 Å². The van der Waals surface area contributed by atoms with Gasteiger partial charge >= 0.3 is 0 Å². The van der Waals surface area contributed by atoms with Crippen molar-refractivity contribution in [2.24, 2.45) is 0 Å². The molecule has 0 saturated heterocycles. The molecule has 0 spiro atoms. The molecular formula is C17H28Cl2N2. The molecule has 0 aliphatic heterocycles. The summed E-state index contributed by atoms with van der Waals surface area (Å²) in [5.74, 6) is 0. The van der Waals surface area contributed by atoms with Gasteiger partial charge in [0.05, 0.1) is 16.1 Å². The maximum absolute atomic E-state index is 6.49. The molecule has 0 radical (unpaired) electrons. The lowest BCUT2D eigenvalue weighted by Gasteiger charge is -2.48. The number of benzene rings is 1. The molecule has 1 aromatic rings. The topological polar surface area (TPSA) is 15.3 Å². The predicted octanol–water partition coefficient (Wildman–Crippen LogP) is 5.15. The highest BCUT2D eigenvalue weighted by Gasteiger charge is 2.40. The molecule has 0 amide bonds. The van der Waals surface area contributed by atoms with Crippen LogP contribution in [-0.4, -0.2) is 30.6 Å². The zero-order valence-electron chi connectivity index (χ0n) is 13.8. The van der Waals surface area contributed by atoms with Crippen LogP contribution in [-0.2, 0) is 0 Å². The summed E-state index contributed by atoms with van der Waals surface area (Å²) in [4.78, 5) is 2.53. The van der Waals surface area contributed by atoms with Crippen molar-refractivity contribution in [3.8, 4) is 0 Å². The van der Waals surface area contributed by atoms with E-state index in [4.69, 9.17) is 23.2 Å². The smallest absolute Gasteiger partial charge is 0.0640 e. The Morgan fingerprint density at radius 2 is 1.67 bits per heavy atom. The molecule has 0 heterocycles. The van der Waals surface area contributed by atoms with Gasteiger partial charge in [0.15, 0.2) is 0 Å². The van der Waals surface area contributed by atoms with E-state index < -0.39 is 0 Å². The molecule has 120 valence electrons. The van der Waals surface area contributed by atoms with Crippen LogP contribution < -0.4 is 5.32 Å². The SMILES string of the molecule is CCN(CC)C(CC)(CC)C(NC)c1cccc(Cl)c1Cl. The first-order valence-corrected chi connectivity index (χ1v) is 8.64. The van der Waals surface area contributed by atoms with Crippen molar-refractivity contribution in [2.75, 3.05) is 20.1 Å². The summed E-state index contributed by atoms with van der Waals surface area (Å²) in [5.41, 5.74) is 1.12. The first-order valence-electron chi connectivity index (χ1n) is 7.88. The maximum Gasteiger partial charge on any atom is 0.0640 e. The van der Waals surface area contributed by atoms with Gasteiger partial charge in [-0.1, -0.05) is 63.0 Å². The van der Waals surface area contributed by atoms with Gasteiger partial charge in [-0.15, -0.1) is 0 Å². The molecule has 1 unspecified atom stereocenters. The minimum atomic E-state index is 0.0343. The molecule has 1 atom stereocenters. The lowest BCUT2D eigenvalue weighted by atomic mass is 9.79. The van der Waals surface area contributed by atoms with Crippen molar-refractivity contribution in [3.63, 3.8) is 0 Å². The molecule has 21 heavy (non-hydrogen) atoms. The largest absolute Gasteiger partial charge is 0.311 e. The van der Waals surface area contributed by atoms with Crippen molar-refractivity contribution in [1.29, 1.82) is 0 Å². The fourth-order valence-corrected chi connectivity index (χ4v) is 4.02. The van der Waals surface area contributed by atoms with Gasteiger partial charge in [0, 0.05) is 5.54 Å². The van der Waals surface area contributed by atoms with Gasteiger partial charge < -0.3 is 5.32 Å². The van der Waals surface area contributed by atoms with E-state index in [9.17, 15) is 0 Å². The second-order valence-corrected chi connectivity index (χ2v) is 6.13. The summed E-state index contributed by atoms with van der Waals surface area (Å²) in [6, 6.07) is 6.06. The Bertz CT molecular complexity index is 440. The van der Waals surface area contributed by atoms with Crippen LogP contribution in [0.4, 0.5) is 0 Å². The average Bonchev–Trinajstić information content (AvgIpc) is 2.51. The van der Waals surface area contributed by atoms with E-state index >= 15 is 0 Å². The van der Waals surface area contributed by atoms with Gasteiger partial charge in [-0.05, 0) is 44.6 Å². The monoisotopic (exact) mass is 330 g/mol. The Balaban J connectivity index is 3.41. The molecule has 1 rings (SSSR count). The molecule has 4 heteroatoms. The fourth-order valence-electron chi connectivity index (χ4n) is 3.60. The molecule has 2 nitrogen and oxygen atoms in total. The lowest BCUT2D eigenvalue weighted by molar-refractivity contribution is 0.0515. The van der Waals surface area contributed by atoms with Crippen LogP contribution in [0.25, 0.3) is 0 Å². The Labute approximate surface area is 139 Å². The zero-order chi connectivity index (χ0) is 16.0. The molecule has 0 bridgehead atoms. The molecular weight excluding hydrogens is 303 g/mol. The molecule has 1 N–H and O–H groups in total. The van der Waals surface area contributed by atoms with E-state index in [1.807, 2.05) is 19.2 Å². The average molecular weight is 331 g/mol. The minimum Gasteiger partial charge on any atom is -0.311 e. The molecule has 0 saturated carbocycles. The lowest BCUT2D eigenvalue weighted by Crippen LogP contribution is -2.55. The summed E-state index contributed by atoms with van der Waals surface area (Å²) in [6.07, 6.45) is 2.11. The van der Waals surface area contributed by atoms with Gasteiger partial charge in [-0.3, -0.25) is 4.90 Å². The van der Waals surface area contributed by atoms with Crippen LogP contribution in [0, 0.1) is 0 Å². The van der Waals surface area contributed by atoms with Crippen molar-refractivity contribution in [1.82, 2.24) is 10.2 Å². The summed E-state index contributed by atoms with van der Waals surface area (Å²) in [7, 11) is 2.01. The van der Waals surface area contributed by atoms with Gasteiger partial charge in [-0.25, -0.2) is 0 Å². The van der Waals surface area contributed by atoms with Gasteiger partial charge in [0.2, 0.25) is 0 Å². The summed E-state index contributed by atoms with van der Waals surface area (Å²) in [5, 5.41) is 4.78. The van der Waals surface area contributed by atoms with E-state index in [0.717, 1.165) is 31.5 Å². The Hall–Kier alpha value is -0.280. The van der Waals surface area contributed by atoms with E-state index in [1.165, 1.54) is 0 Å². The number of hydrogen-bond donors (Lipinski definition) is 1. The zero-order valence-corrected chi connectivity index (χ0v) is 15.4. The Kier molecular flexibility index (Phi) is 7.49. The summed E-state index contributed by atoms with van der Waals surface area (Å²) < 4.78 is 0. The quantitative estimate of drug-likeness (QED) is 0.708. The van der Waals surface area contributed by atoms with Crippen molar-refractivity contribution in [3.05, 3.63) is 33.8 Å². The number of rotatable bonds is 8. The molecule has 1 aromatic carbocycles. The van der Waals surface area contributed by atoms with E-state index in [2.05, 4.69) is 44.0 Å². The van der Waals surface area contributed by atoms with Crippen LogP contribution in [0.3, 0.4) is 0 Å². The van der Waals surface area contributed by atoms with E-state index in [1.54, 1.807) is 0 Å². The fraction of sp³-hybridized carbons (Fsp3) is 0.647. The third-order valence-electron chi connectivity index (χ3n) is 4.74. The molecule has 0 aliphatic carbocycles. The van der Waals surface area contributed by atoms with Crippen molar-refractivity contribution in [2.45, 2.75) is 52.1 Å². The Morgan fingerprint density at radius 1 is 1.10 bits per heavy atom.